The van der Waals surface area contributed by atoms with Crippen molar-refractivity contribution in [2.75, 3.05) is 17.6 Å². The highest BCUT2D eigenvalue weighted by molar-refractivity contribution is 6.39. The molecule has 0 fully saturated rings. The van der Waals surface area contributed by atoms with E-state index >= 15 is 0 Å². The predicted molar refractivity (Wildman–Crippen MR) is 126 cm³/mol. The zero-order chi connectivity index (χ0) is 22.5. The van der Waals surface area contributed by atoms with Crippen LogP contribution in [0, 0.1) is 6.92 Å². The van der Waals surface area contributed by atoms with E-state index in [1.165, 1.54) is 0 Å². The molecule has 0 unspecified atom stereocenters. The number of anilines is 2. The summed E-state index contributed by atoms with van der Waals surface area (Å²) in [5, 5.41) is 6.75. The second kappa shape index (κ2) is 9.26. The summed E-state index contributed by atoms with van der Waals surface area (Å²) in [5.41, 5.74) is 10.9. The van der Waals surface area contributed by atoms with Crippen LogP contribution in [0.25, 0.3) is 21.9 Å². The van der Waals surface area contributed by atoms with Gasteiger partial charge in [-0.2, -0.15) is 0 Å². The number of nitrogens with zero attached hydrogens (tertiary/aromatic N) is 2. The molecule has 2 aromatic heterocycles. The first-order valence-electron chi connectivity index (χ1n) is 10.2. The van der Waals surface area contributed by atoms with Gasteiger partial charge in [0.25, 0.3) is 0 Å². The fraction of sp³-hybridized carbons (Fsp3) is 0.120. The molecule has 0 aliphatic heterocycles. The van der Waals surface area contributed by atoms with Crippen LogP contribution in [0.15, 0.2) is 73.2 Å². The lowest BCUT2D eigenvalue weighted by molar-refractivity contribution is -0.136. The van der Waals surface area contributed by atoms with Crippen molar-refractivity contribution < 1.29 is 9.59 Å². The molecule has 160 valence electrons. The van der Waals surface area contributed by atoms with Crippen molar-refractivity contribution in [3.8, 4) is 11.1 Å². The van der Waals surface area contributed by atoms with Gasteiger partial charge in [0.2, 0.25) is 0 Å². The van der Waals surface area contributed by atoms with Crippen molar-refractivity contribution in [2.45, 2.75) is 13.3 Å². The van der Waals surface area contributed by atoms with Crippen molar-refractivity contribution in [3.05, 3.63) is 84.3 Å². The van der Waals surface area contributed by atoms with Gasteiger partial charge in [0, 0.05) is 41.8 Å². The first-order valence-corrected chi connectivity index (χ1v) is 10.2. The Kier molecular flexibility index (Phi) is 6.07. The average Bonchev–Trinajstić information content (AvgIpc) is 2.79. The Bertz CT molecular complexity index is 1290. The fourth-order valence-electron chi connectivity index (χ4n) is 3.49. The van der Waals surface area contributed by atoms with Crippen LogP contribution in [0.1, 0.15) is 11.1 Å². The Balaban J connectivity index is 1.47. The molecule has 0 atom stereocenters. The molecule has 0 aliphatic rings. The number of nitrogen functional groups attached to an aromatic ring is 1. The molecule has 0 saturated heterocycles. The van der Waals surface area contributed by atoms with Crippen molar-refractivity contribution >= 4 is 34.1 Å². The first-order chi connectivity index (χ1) is 15.5. The number of rotatable bonds is 5. The summed E-state index contributed by atoms with van der Waals surface area (Å²) < 4.78 is 0. The molecule has 2 amide bonds. The molecule has 2 aromatic carbocycles. The number of carbonyl (C=O) groups excluding carboxylic acids is 2. The summed E-state index contributed by atoms with van der Waals surface area (Å²) in [6.45, 7) is 2.37. The van der Waals surface area contributed by atoms with Gasteiger partial charge in [-0.3, -0.25) is 14.6 Å². The van der Waals surface area contributed by atoms with Gasteiger partial charge in [-0.1, -0.05) is 30.3 Å². The van der Waals surface area contributed by atoms with E-state index in [2.05, 4.69) is 20.6 Å². The predicted octanol–water partition coefficient (Wildman–Crippen LogP) is 3.48. The van der Waals surface area contributed by atoms with E-state index in [0.29, 0.717) is 18.7 Å². The number of amides is 2. The number of hydrogen-bond acceptors (Lipinski definition) is 5. The summed E-state index contributed by atoms with van der Waals surface area (Å²) in [6, 6.07) is 17.2. The lowest BCUT2D eigenvalue weighted by atomic mass is 9.99. The molecule has 4 aromatic rings. The van der Waals surface area contributed by atoms with E-state index in [4.69, 9.17) is 5.73 Å². The third-order valence-electron chi connectivity index (χ3n) is 5.21. The lowest BCUT2D eigenvalue weighted by Gasteiger charge is -2.11. The Morgan fingerprint density at radius 1 is 1.00 bits per heavy atom. The van der Waals surface area contributed by atoms with Crippen molar-refractivity contribution in [2.24, 2.45) is 0 Å². The SMILES string of the molecule is Cc1ccncc1-c1cc(N)c2cnc(NC(=O)C(=O)NCCc3ccccc3)cc2c1. The fourth-order valence-corrected chi connectivity index (χ4v) is 3.49. The highest BCUT2D eigenvalue weighted by atomic mass is 16.2. The Morgan fingerprint density at radius 3 is 2.59 bits per heavy atom. The maximum atomic E-state index is 12.3. The highest BCUT2D eigenvalue weighted by Crippen LogP contribution is 2.31. The number of aryl methyl sites for hydroxylation is 1. The van der Waals surface area contributed by atoms with Gasteiger partial charge < -0.3 is 16.4 Å². The van der Waals surface area contributed by atoms with Gasteiger partial charge in [-0.15, -0.1) is 0 Å². The Labute approximate surface area is 185 Å². The van der Waals surface area contributed by atoms with Crippen LogP contribution in [-0.2, 0) is 16.0 Å². The molecule has 32 heavy (non-hydrogen) atoms. The lowest BCUT2D eigenvalue weighted by Crippen LogP contribution is -2.36. The number of fused-ring (bicyclic) bond motifs is 1. The van der Waals surface area contributed by atoms with Gasteiger partial charge in [0.15, 0.2) is 0 Å². The van der Waals surface area contributed by atoms with Gasteiger partial charge in [-0.05, 0) is 59.7 Å². The smallest absolute Gasteiger partial charge is 0.314 e. The third kappa shape index (κ3) is 4.73. The van der Waals surface area contributed by atoms with E-state index < -0.39 is 11.8 Å². The quantitative estimate of drug-likeness (QED) is 0.335. The molecule has 7 heteroatoms. The number of hydrogen-bond donors (Lipinski definition) is 3. The number of pyridine rings is 2. The molecule has 0 spiro atoms. The zero-order valence-corrected chi connectivity index (χ0v) is 17.6. The van der Waals surface area contributed by atoms with Crippen LogP contribution < -0.4 is 16.4 Å². The van der Waals surface area contributed by atoms with Crippen LogP contribution in [0.4, 0.5) is 11.5 Å². The van der Waals surface area contributed by atoms with Crippen LogP contribution in [0.3, 0.4) is 0 Å². The number of benzene rings is 2. The zero-order valence-electron chi connectivity index (χ0n) is 17.6. The van der Waals surface area contributed by atoms with E-state index in [1.54, 1.807) is 24.7 Å². The van der Waals surface area contributed by atoms with E-state index in [0.717, 1.165) is 33.0 Å². The van der Waals surface area contributed by atoms with Gasteiger partial charge in [0.05, 0.1) is 0 Å². The van der Waals surface area contributed by atoms with Crippen LogP contribution >= 0.6 is 0 Å². The summed E-state index contributed by atoms with van der Waals surface area (Å²) in [4.78, 5) is 32.9. The molecule has 0 saturated carbocycles. The second-order valence-electron chi connectivity index (χ2n) is 7.49. The molecule has 0 radical (unpaired) electrons. The minimum Gasteiger partial charge on any atom is -0.398 e. The van der Waals surface area contributed by atoms with Crippen LogP contribution in [0.5, 0.6) is 0 Å². The van der Waals surface area contributed by atoms with Gasteiger partial charge >= 0.3 is 11.8 Å². The van der Waals surface area contributed by atoms with E-state index in [-0.39, 0.29) is 5.82 Å². The molecule has 7 nitrogen and oxygen atoms in total. The molecular formula is C25H23N5O2. The Morgan fingerprint density at radius 2 is 1.81 bits per heavy atom. The molecule has 4 N–H and O–H groups in total. The normalized spacial score (nSPS) is 10.7. The Hall–Kier alpha value is -4.26. The largest absolute Gasteiger partial charge is 0.398 e. The molecule has 0 aliphatic carbocycles. The maximum Gasteiger partial charge on any atom is 0.314 e. The molecule has 4 rings (SSSR count). The van der Waals surface area contributed by atoms with Crippen molar-refractivity contribution in [1.29, 1.82) is 0 Å². The minimum atomic E-state index is -0.767. The summed E-state index contributed by atoms with van der Waals surface area (Å²) in [6.07, 6.45) is 5.77. The van der Waals surface area contributed by atoms with E-state index in [1.807, 2.05) is 55.5 Å². The van der Waals surface area contributed by atoms with Crippen LogP contribution in [-0.4, -0.2) is 28.3 Å². The molecule has 0 bridgehead atoms. The van der Waals surface area contributed by atoms with Gasteiger partial charge in [0.1, 0.15) is 5.82 Å². The topological polar surface area (TPSA) is 110 Å². The van der Waals surface area contributed by atoms with E-state index in [9.17, 15) is 9.59 Å². The first kappa shape index (κ1) is 21.0. The summed E-state index contributed by atoms with van der Waals surface area (Å²) in [5.74, 6) is -1.20. The number of carbonyl (C=O) groups is 2. The van der Waals surface area contributed by atoms with Crippen molar-refractivity contribution in [1.82, 2.24) is 15.3 Å². The number of aromatic nitrogens is 2. The second-order valence-corrected chi connectivity index (χ2v) is 7.49. The maximum absolute atomic E-state index is 12.3. The average molecular weight is 425 g/mol. The summed E-state index contributed by atoms with van der Waals surface area (Å²) in [7, 11) is 0. The van der Waals surface area contributed by atoms with Gasteiger partial charge in [-0.25, -0.2) is 4.98 Å². The van der Waals surface area contributed by atoms with Crippen LogP contribution in [0.2, 0.25) is 0 Å². The molecule has 2 heterocycles. The summed E-state index contributed by atoms with van der Waals surface area (Å²) >= 11 is 0. The molecular weight excluding hydrogens is 402 g/mol. The standard InChI is InChI=1S/C25H23N5O2/c1-16-7-9-27-14-20(16)18-11-19-13-23(29-15-21(19)22(26)12-18)30-25(32)24(31)28-10-8-17-5-3-2-4-6-17/h2-7,9,11-15H,8,10,26H2,1H3,(H,28,31)(H,29,30,32). The monoisotopic (exact) mass is 425 g/mol. The minimum absolute atomic E-state index is 0.278. The third-order valence-corrected chi connectivity index (χ3v) is 5.21. The van der Waals surface area contributed by atoms with Crippen molar-refractivity contribution in [3.63, 3.8) is 0 Å². The highest BCUT2D eigenvalue weighted by Gasteiger charge is 2.15. The number of nitrogens with one attached hydrogen (secondary N) is 2. The number of nitrogens with two attached hydrogens (primary N) is 1.